The van der Waals surface area contributed by atoms with Crippen LogP contribution in [0.15, 0.2) is 16.7 Å². The van der Waals surface area contributed by atoms with Crippen molar-refractivity contribution in [1.82, 2.24) is 10.3 Å². The molecule has 0 bridgehead atoms. The maximum absolute atomic E-state index is 12.2. The lowest BCUT2D eigenvalue weighted by Crippen LogP contribution is -2.54. The molecule has 110 valence electrons. The SMILES string of the molecule is CCCNC(=O)C1COCCN1c1ncc(C)cc1Br. The highest BCUT2D eigenvalue weighted by Crippen LogP contribution is 2.27. The first-order valence-corrected chi connectivity index (χ1v) is 7.67. The van der Waals surface area contributed by atoms with E-state index in [9.17, 15) is 4.79 Å². The van der Waals surface area contributed by atoms with Gasteiger partial charge in [-0.3, -0.25) is 4.79 Å². The van der Waals surface area contributed by atoms with Crippen molar-refractivity contribution in [2.24, 2.45) is 0 Å². The lowest BCUT2D eigenvalue weighted by molar-refractivity contribution is -0.124. The van der Waals surface area contributed by atoms with Crippen molar-refractivity contribution in [2.75, 3.05) is 31.2 Å². The molecule has 1 aliphatic heterocycles. The largest absolute Gasteiger partial charge is 0.377 e. The van der Waals surface area contributed by atoms with Crippen molar-refractivity contribution in [3.63, 3.8) is 0 Å². The third kappa shape index (κ3) is 3.49. The van der Waals surface area contributed by atoms with E-state index >= 15 is 0 Å². The average molecular weight is 342 g/mol. The first kappa shape index (κ1) is 15.3. The molecule has 1 N–H and O–H groups in total. The number of aromatic nitrogens is 1. The maximum atomic E-state index is 12.2. The molecule has 1 unspecified atom stereocenters. The number of aryl methyl sites for hydroxylation is 1. The van der Waals surface area contributed by atoms with E-state index in [0.29, 0.717) is 26.3 Å². The van der Waals surface area contributed by atoms with Crippen LogP contribution < -0.4 is 10.2 Å². The van der Waals surface area contributed by atoms with Gasteiger partial charge in [-0.25, -0.2) is 4.98 Å². The number of morpholine rings is 1. The van der Waals surface area contributed by atoms with E-state index in [1.807, 2.05) is 31.0 Å². The molecule has 0 aromatic carbocycles. The topological polar surface area (TPSA) is 54.5 Å². The Kier molecular flexibility index (Phi) is 5.37. The van der Waals surface area contributed by atoms with Gasteiger partial charge in [-0.1, -0.05) is 6.92 Å². The monoisotopic (exact) mass is 341 g/mol. The zero-order valence-electron chi connectivity index (χ0n) is 11.9. The number of hydrogen-bond acceptors (Lipinski definition) is 4. The van der Waals surface area contributed by atoms with Crippen LogP contribution in [-0.2, 0) is 9.53 Å². The summed E-state index contributed by atoms with van der Waals surface area (Å²) in [5, 5.41) is 2.93. The van der Waals surface area contributed by atoms with Crippen LogP contribution in [0.25, 0.3) is 0 Å². The molecule has 5 nitrogen and oxygen atoms in total. The van der Waals surface area contributed by atoms with E-state index in [1.54, 1.807) is 0 Å². The van der Waals surface area contributed by atoms with Crippen molar-refractivity contribution in [3.05, 3.63) is 22.3 Å². The average Bonchev–Trinajstić information content (AvgIpc) is 2.45. The third-order valence-corrected chi connectivity index (χ3v) is 3.79. The Morgan fingerprint density at radius 2 is 2.45 bits per heavy atom. The molecule has 0 aliphatic carbocycles. The number of carbonyl (C=O) groups is 1. The van der Waals surface area contributed by atoms with Crippen molar-refractivity contribution < 1.29 is 9.53 Å². The van der Waals surface area contributed by atoms with Gasteiger partial charge in [0.15, 0.2) is 0 Å². The predicted molar refractivity (Wildman–Crippen MR) is 81.9 cm³/mol. The second kappa shape index (κ2) is 7.04. The summed E-state index contributed by atoms with van der Waals surface area (Å²) >= 11 is 3.54. The highest BCUT2D eigenvalue weighted by molar-refractivity contribution is 9.10. The van der Waals surface area contributed by atoms with Gasteiger partial charge in [-0.15, -0.1) is 0 Å². The molecule has 2 rings (SSSR count). The number of hydrogen-bond donors (Lipinski definition) is 1. The van der Waals surface area contributed by atoms with Crippen LogP contribution in [0.3, 0.4) is 0 Å². The van der Waals surface area contributed by atoms with Gasteiger partial charge in [0.05, 0.1) is 17.7 Å². The van der Waals surface area contributed by atoms with Crippen molar-refractivity contribution >= 4 is 27.7 Å². The molecular formula is C14H20BrN3O2. The zero-order valence-corrected chi connectivity index (χ0v) is 13.4. The van der Waals surface area contributed by atoms with E-state index < -0.39 is 0 Å². The highest BCUT2D eigenvalue weighted by Gasteiger charge is 2.31. The van der Waals surface area contributed by atoms with Crippen LogP contribution >= 0.6 is 15.9 Å². The molecule has 1 saturated heterocycles. The summed E-state index contributed by atoms with van der Waals surface area (Å²) in [6, 6.07) is 1.69. The summed E-state index contributed by atoms with van der Waals surface area (Å²) in [7, 11) is 0. The molecule has 0 spiro atoms. The number of anilines is 1. The van der Waals surface area contributed by atoms with Gasteiger partial charge >= 0.3 is 0 Å². The minimum Gasteiger partial charge on any atom is -0.377 e. The standard InChI is InChI=1S/C14H20BrN3O2/c1-3-4-16-14(19)12-9-20-6-5-18(12)13-11(15)7-10(2)8-17-13/h7-8,12H,3-6,9H2,1-2H3,(H,16,19). The van der Waals surface area contributed by atoms with Crippen LogP contribution in [0.1, 0.15) is 18.9 Å². The summed E-state index contributed by atoms with van der Waals surface area (Å²) in [6.07, 6.45) is 2.74. The summed E-state index contributed by atoms with van der Waals surface area (Å²) in [5.41, 5.74) is 1.08. The first-order valence-electron chi connectivity index (χ1n) is 6.87. The first-order chi connectivity index (χ1) is 9.63. The fourth-order valence-electron chi connectivity index (χ4n) is 2.18. The molecule has 2 heterocycles. The number of ether oxygens (including phenoxy) is 1. The second-order valence-corrected chi connectivity index (χ2v) is 5.75. The van der Waals surface area contributed by atoms with E-state index in [1.165, 1.54) is 0 Å². The summed E-state index contributed by atoms with van der Waals surface area (Å²) in [5.74, 6) is 0.802. The maximum Gasteiger partial charge on any atom is 0.245 e. The molecule has 1 amide bonds. The normalized spacial score (nSPS) is 18.9. The number of amides is 1. The molecule has 1 fully saturated rings. The van der Waals surface area contributed by atoms with Gasteiger partial charge < -0.3 is 15.0 Å². The van der Waals surface area contributed by atoms with Gasteiger partial charge in [0.2, 0.25) is 5.91 Å². The predicted octanol–water partition coefficient (Wildman–Crippen LogP) is 1.88. The van der Waals surface area contributed by atoms with Gasteiger partial charge in [-0.05, 0) is 40.9 Å². The van der Waals surface area contributed by atoms with Gasteiger partial charge in [0, 0.05) is 19.3 Å². The van der Waals surface area contributed by atoms with Crippen LogP contribution in [-0.4, -0.2) is 43.2 Å². The van der Waals surface area contributed by atoms with E-state index in [4.69, 9.17) is 4.74 Å². The number of halogens is 1. The van der Waals surface area contributed by atoms with Crippen molar-refractivity contribution in [1.29, 1.82) is 0 Å². The highest BCUT2D eigenvalue weighted by atomic mass is 79.9. The number of carbonyl (C=O) groups excluding carboxylic acids is 1. The van der Waals surface area contributed by atoms with E-state index in [-0.39, 0.29) is 11.9 Å². The quantitative estimate of drug-likeness (QED) is 0.908. The molecule has 1 aromatic heterocycles. The Balaban J connectivity index is 2.19. The van der Waals surface area contributed by atoms with Crippen LogP contribution in [0.2, 0.25) is 0 Å². The van der Waals surface area contributed by atoms with E-state index in [2.05, 4.69) is 26.2 Å². The van der Waals surface area contributed by atoms with Crippen LogP contribution in [0.5, 0.6) is 0 Å². The zero-order chi connectivity index (χ0) is 14.5. The Morgan fingerprint density at radius 3 is 3.15 bits per heavy atom. The number of rotatable bonds is 4. The summed E-state index contributed by atoms with van der Waals surface area (Å²) in [4.78, 5) is 18.7. The second-order valence-electron chi connectivity index (χ2n) is 4.89. The fourth-order valence-corrected chi connectivity index (χ4v) is 2.87. The number of pyridine rings is 1. The third-order valence-electron chi connectivity index (χ3n) is 3.21. The molecule has 1 aromatic rings. The molecule has 20 heavy (non-hydrogen) atoms. The Bertz CT molecular complexity index is 481. The summed E-state index contributed by atoms with van der Waals surface area (Å²) in [6.45, 7) is 6.39. The summed E-state index contributed by atoms with van der Waals surface area (Å²) < 4.78 is 6.36. The Labute approximate surface area is 127 Å². The molecule has 0 saturated carbocycles. The minimum atomic E-state index is -0.318. The molecule has 0 radical (unpaired) electrons. The van der Waals surface area contributed by atoms with Crippen molar-refractivity contribution in [3.8, 4) is 0 Å². The number of nitrogens with zero attached hydrogens (tertiary/aromatic N) is 2. The lowest BCUT2D eigenvalue weighted by atomic mass is 10.2. The Hall–Kier alpha value is -1.14. The smallest absolute Gasteiger partial charge is 0.245 e. The molecule has 1 aliphatic rings. The van der Waals surface area contributed by atoms with Crippen LogP contribution in [0, 0.1) is 6.92 Å². The van der Waals surface area contributed by atoms with Crippen molar-refractivity contribution in [2.45, 2.75) is 26.3 Å². The molecule has 1 atom stereocenters. The van der Waals surface area contributed by atoms with Gasteiger partial charge in [0.1, 0.15) is 11.9 Å². The molecular weight excluding hydrogens is 322 g/mol. The molecule has 6 heteroatoms. The minimum absolute atomic E-state index is 0.000764. The van der Waals surface area contributed by atoms with Crippen LogP contribution in [0.4, 0.5) is 5.82 Å². The van der Waals surface area contributed by atoms with Gasteiger partial charge in [-0.2, -0.15) is 0 Å². The fraction of sp³-hybridized carbons (Fsp3) is 0.571. The van der Waals surface area contributed by atoms with Gasteiger partial charge in [0.25, 0.3) is 0 Å². The van der Waals surface area contributed by atoms with E-state index in [0.717, 1.165) is 22.3 Å². The lowest BCUT2D eigenvalue weighted by Gasteiger charge is -2.36. The Morgan fingerprint density at radius 1 is 1.65 bits per heavy atom. The number of nitrogens with one attached hydrogen (secondary N) is 1.